The summed E-state index contributed by atoms with van der Waals surface area (Å²) in [7, 11) is 0. The number of hydrogen-bond donors (Lipinski definition) is 1. The van der Waals surface area contributed by atoms with Gasteiger partial charge in [-0.15, -0.1) is 10.2 Å². The molecule has 0 radical (unpaired) electrons. The van der Waals surface area contributed by atoms with E-state index in [9.17, 15) is 4.79 Å². The molecule has 1 aliphatic carbocycles. The number of carbonyl (C=O) groups is 1. The topological polar surface area (TPSA) is 54.9 Å². The summed E-state index contributed by atoms with van der Waals surface area (Å²) in [4.78, 5) is 12.0. The van der Waals surface area contributed by atoms with Crippen LogP contribution in [0.3, 0.4) is 0 Å². The second-order valence-corrected chi connectivity index (χ2v) is 5.96. The summed E-state index contributed by atoms with van der Waals surface area (Å²) in [5, 5.41) is 11.4. The standard InChI is InChI=1S/C12H16ClN3OS/c1-18-9-4-2-3-8(7-9)14-12(17)10-5-6-11(13)16-15-10/h5-6,8-9H,2-4,7H2,1H3,(H,14,17). The van der Waals surface area contributed by atoms with Crippen molar-refractivity contribution in [3.05, 3.63) is 23.0 Å². The number of rotatable bonds is 3. The Balaban J connectivity index is 1.92. The molecule has 0 aliphatic heterocycles. The Morgan fingerprint density at radius 3 is 2.94 bits per heavy atom. The molecule has 1 amide bonds. The maximum absolute atomic E-state index is 12.0. The zero-order valence-corrected chi connectivity index (χ0v) is 11.8. The van der Waals surface area contributed by atoms with E-state index in [1.54, 1.807) is 12.1 Å². The second-order valence-electron chi connectivity index (χ2n) is 4.44. The number of halogens is 1. The van der Waals surface area contributed by atoms with Crippen molar-refractivity contribution in [1.82, 2.24) is 15.5 Å². The zero-order chi connectivity index (χ0) is 13.0. The van der Waals surface area contributed by atoms with Gasteiger partial charge in [0.15, 0.2) is 10.8 Å². The molecule has 98 valence electrons. The van der Waals surface area contributed by atoms with Crippen LogP contribution in [0, 0.1) is 0 Å². The normalized spacial score (nSPS) is 23.7. The van der Waals surface area contributed by atoms with Crippen LogP contribution in [0.1, 0.15) is 36.2 Å². The highest BCUT2D eigenvalue weighted by molar-refractivity contribution is 7.99. The van der Waals surface area contributed by atoms with E-state index in [2.05, 4.69) is 21.8 Å². The van der Waals surface area contributed by atoms with Gasteiger partial charge < -0.3 is 5.32 Å². The van der Waals surface area contributed by atoms with Crippen molar-refractivity contribution in [3.63, 3.8) is 0 Å². The third kappa shape index (κ3) is 3.59. The van der Waals surface area contributed by atoms with Crippen LogP contribution < -0.4 is 5.32 Å². The third-order valence-corrected chi connectivity index (χ3v) is 4.46. The first-order chi connectivity index (χ1) is 8.69. The Bertz CT molecular complexity index is 412. The SMILES string of the molecule is CSC1CCCC(NC(=O)c2ccc(Cl)nn2)C1. The summed E-state index contributed by atoms with van der Waals surface area (Å²) in [5.74, 6) is -0.161. The fourth-order valence-electron chi connectivity index (χ4n) is 2.19. The molecule has 1 fully saturated rings. The molecule has 1 heterocycles. The molecule has 0 saturated heterocycles. The summed E-state index contributed by atoms with van der Waals surface area (Å²) in [6, 6.07) is 3.43. The van der Waals surface area contributed by atoms with Crippen molar-refractivity contribution in [3.8, 4) is 0 Å². The van der Waals surface area contributed by atoms with Crippen molar-refractivity contribution in [2.24, 2.45) is 0 Å². The Hall–Kier alpha value is -0.810. The summed E-state index contributed by atoms with van der Waals surface area (Å²) in [6.45, 7) is 0. The molecule has 1 N–H and O–H groups in total. The molecule has 6 heteroatoms. The van der Waals surface area contributed by atoms with E-state index < -0.39 is 0 Å². The van der Waals surface area contributed by atoms with Gasteiger partial charge in [0.25, 0.3) is 5.91 Å². The molecule has 2 atom stereocenters. The maximum Gasteiger partial charge on any atom is 0.272 e. The summed E-state index contributed by atoms with van der Waals surface area (Å²) in [6.07, 6.45) is 6.62. The first-order valence-corrected chi connectivity index (χ1v) is 7.68. The van der Waals surface area contributed by atoms with E-state index in [1.807, 2.05) is 11.8 Å². The van der Waals surface area contributed by atoms with Gasteiger partial charge in [-0.2, -0.15) is 11.8 Å². The lowest BCUT2D eigenvalue weighted by Crippen LogP contribution is -2.39. The average molecular weight is 286 g/mol. The van der Waals surface area contributed by atoms with Gasteiger partial charge in [0.05, 0.1) is 0 Å². The first-order valence-electron chi connectivity index (χ1n) is 6.02. The Labute approximate surface area is 116 Å². The van der Waals surface area contributed by atoms with Crippen molar-refractivity contribution < 1.29 is 4.79 Å². The molecule has 1 aliphatic rings. The summed E-state index contributed by atoms with van der Waals surface area (Å²) in [5.41, 5.74) is 0.325. The first kappa shape index (κ1) is 13.6. The molecule has 4 nitrogen and oxygen atoms in total. The van der Waals surface area contributed by atoms with Crippen molar-refractivity contribution in [2.45, 2.75) is 37.0 Å². The van der Waals surface area contributed by atoms with Crippen LogP contribution in [0.4, 0.5) is 0 Å². The highest BCUT2D eigenvalue weighted by atomic mass is 35.5. The molecule has 0 aromatic carbocycles. The molecule has 1 aromatic rings. The maximum atomic E-state index is 12.0. The largest absolute Gasteiger partial charge is 0.348 e. The van der Waals surface area contributed by atoms with Crippen LogP contribution in [-0.2, 0) is 0 Å². The van der Waals surface area contributed by atoms with Gasteiger partial charge in [0.2, 0.25) is 0 Å². The van der Waals surface area contributed by atoms with E-state index in [0.717, 1.165) is 12.8 Å². The Morgan fingerprint density at radius 2 is 2.28 bits per heavy atom. The zero-order valence-electron chi connectivity index (χ0n) is 10.2. The van der Waals surface area contributed by atoms with Crippen LogP contribution in [0.15, 0.2) is 12.1 Å². The molecular formula is C12H16ClN3OS. The van der Waals surface area contributed by atoms with Crippen LogP contribution in [0.2, 0.25) is 5.15 Å². The molecule has 2 unspecified atom stereocenters. The van der Waals surface area contributed by atoms with Crippen LogP contribution in [0.25, 0.3) is 0 Å². The van der Waals surface area contributed by atoms with Crippen molar-refractivity contribution in [2.75, 3.05) is 6.26 Å². The average Bonchev–Trinajstić information content (AvgIpc) is 2.39. The quantitative estimate of drug-likeness (QED) is 0.927. The van der Waals surface area contributed by atoms with Crippen LogP contribution in [0.5, 0.6) is 0 Å². The predicted molar refractivity (Wildman–Crippen MR) is 74.1 cm³/mol. The number of thioether (sulfide) groups is 1. The number of nitrogens with zero attached hydrogens (tertiary/aromatic N) is 2. The minimum atomic E-state index is -0.161. The van der Waals surface area contributed by atoms with Crippen LogP contribution >= 0.6 is 23.4 Å². The third-order valence-electron chi connectivity index (χ3n) is 3.16. The molecule has 18 heavy (non-hydrogen) atoms. The fourth-order valence-corrected chi connectivity index (χ4v) is 3.11. The van der Waals surface area contributed by atoms with Crippen molar-refractivity contribution >= 4 is 29.3 Å². The number of nitrogens with one attached hydrogen (secondary N) is 1. The van der Waals surface area contributed by atoms with Gasteiger partial charge in [0.1, 0.15) is 0 Å². The molecule has 0 bridgehead atoms. The molecule has 1 saturated carbocycles. The summed E-state index contributed by atoms with van der Waals surface area (Å²) >= 11 is 7.52. The number of aromatic nitrogens is 2. The van der Waals surface area contributed by atoms with Crippen molar-refractivity contribution in [1.29, 1.82) is 0 Å². The monoisotopic (exact) mass is 285 g/mol. The predicted octanol–water partition coefficient (Wildman–Crippen LogP) is 2.53. The molecule has 1 aromatic heterocycles. The van der Waals surface area contributed by atoms with E-state index in [-0.39, 0.29) is 11.9 Å². The molecule has 2 rings (SSSR count). The van der Waals surface area contributed by atoms with Gasteiger partial charge in [-0.05, 0) is 37.7 Å². The molecular weight excluding hydrogens is 270 g/mol. The highest BCUT2D eigenvalue weighted by Crippen LogP contribution is 2.26. The smallest absolute Gasteiger partial charge is 0.272 e. The Kier molecular flexibility index (Phi) is 4.83. The molecule has 0 spiro atoms. The van der Waals surface area contributed by atoms with E-state index >= 15 is 0 Å². The minimum absolute atomic E-state index is 0.161. The van der Waals surface area contributed by atoms with Gasteiger partial charge >= 0.3 is 0 Å². The van der Waals surface area contributed by atoms with Gasteiger partial charge in [-0.3, -0.25) is 4.79 Å². The lowest BCUT2D eigenvalue weighted by Gasteiger charge is -2.28. The van der Waals surface area contributed by atoms with Crippen LogP contribution in [-0.4, -0.2) is 33.7 Å². The number of hydrogen-bond acceptors (Lipinski definition) is 4. The lowest BCUT2D eigenvalue weighted by molar-refractivity contribution is 0.0922. The van der Waals surface area contributed by atoms with Gasteiger partial charge in [-0.25, -0.2) is 0 Å². The van der Waals surface area contributed by atoms with E-state index in [1.165, 1.54) is 12.8 Å². The highest BCUT2D eigenvalue weighted by Gasteiger charge is 2.23. The Morgan fingerprint density at radius 1 is 1.44 bits per heavy atom. The van der Waals surface area contributed by atoms with E-state index in [4.69, 9.17) is 11.6 Å². The number of amides is 1. The second kappa shape index (κ2) is 6.38. The summed E-state index contributed by atoms with van der Waals surface area (Å²) < 4.78 is 0. The van der Waals surface area contributed by atoms with E-state index in [0.29, 0.717) is 16.1 Å². The van der Waals surface area contributed by atoms with Gasteiger partial charge in [0, 0.05) is 11.3 Å². The lowest BCUT2D eigenvalue weighted by atomic mass is 9.95. The van der Waals surface area contributed by atoms with Gasteiger partial charge in [-0.1, -0.05) is 18.0 Å². The number of carbonyl (C=O) groups excluding carboxylic acids is 1. The minimum Gasteiger partial charge on any atom is -0.348 e. The fraction of sp³-hybridized carbons (Fsp3) is 0.583.